The minimum Gasteiger partial charge on any atom is -0.503 e. The molecule has 178 valence electrons. The summed E-state index contributed by atoms with van der Waals surface area (Å²) in [5.74, 6) is -2.12. The average molecular weight is 464 g/mol. The van der Waals surface area contributed by atoms with Crippen LogP contribution in [0.4, 0.5) is 0 Å². The van der Waals surface area contributed by atoms with Gasteiger partial charge in [0.2, 0.25) is 0 Å². The second kappa shape index (κ2) is 11.4. The quantitative estimate of drug-likeness (QED) is 0.321. The van der Waals surface area contributed by atoms with E-state index in [-0.39, 0.29) is 18.2 Å². The van der Waals surface area contributed by atoms with Crippen molar-refractivity contribution in [3.63, 3.8) is 0 Å². The molecular formula is C27H29NO6. The molecule has 0 spiro atoms. The van der Waals surface area contributed by atoms with E-state index in [2.05, 4.69) is 0 Å². The number of allylic oxidation sites excluding steroid dienone is 1. The molecule has 0 radical (unpaired) electrons. The molecule has 2 aromatic rings. The van der Waals surface area contributed by atoms with E-state index in [1.54, 1.807) is 30.3 Å². The van der Waals surface area contributed by atoms with E-state index in [0.29, 0.717) is 24.2 Å². The van der Waals surface area contributed by atoms with Gasteiger partial charge in [0.25, 0.3) is 5.91 Å². The predicted octanol–water partition coefficient (Wildman–Crippen LogP) is 4.27. The van der Waals surface area contributed by atoms with Crippen molar-refractivity contribution in [1.29, 1.82) is 0 Å². The van der Waals surface area contributed by atoms with Gasteiger partial charge in [0.1, 0.15) is 0 Å². The largest absolute Gasteiger partial charge is 0.503 e. The van der Waals surface area contributed by atoms with Crippen LogP contribution in [0, 0.1) is 0 Å². The van der Waals surface area contributed by atoms with E-state index in [0.717, 1.165) is 5.56 Å². The Labute approximate surface area is 199 Å². The molecule has 7 nitrogen and oxygen atoms in total. The molecule has 0 aromatic heterocycles. The second-order valence-electron chi connectivity index (χ2n) is 8.16. The molecule has 34 heavy (non-hydrogen) atoms. The van der Waals surface area contributed by atoms with Crippen molar-refractivity contribution in [2.45, 2.75) is 32.4 Å². The van der Waals surface area contributed by atoms with Crippen LogP contribution in [0.25, 0.3) is 6.08 Å². The summed E-state index contributed by atoms with van der Waals surface area (Å²) in [6.45, 7) is 4.58. The van der Waals surface area contributed by atoms with Crippen LogP contribution in [0.2, 0.25) is 0 Å². The van der Waals surface area contributed by atoms with E-state index in [1.165, 1.54) is 18.1 Å². The highest BCUT2D eigenvalue weighted by Crippen LogP contribution is 2.38. The van der Waals surface area contributed by atoms with Crippen molar-refractivity contribution in [2.75, 3.05) is 20.3 Å². The molecule has 3 rings (SSSR count). The number of ketones is 1. The number of ether oxygens (including phenoxy) is 2. The van der Waals surface area contributed by atoms with Gasteiger partial charge in [-0.1, -0.05) is 48.5 Å². The molecule has 0 saturated carbocycles. The molecule has 0 fully saturated rings. The molecule has 1 aliphatic rings. The van der Waals surface area contributed by atoms with Crippen molar-refractivity contribution in [3.8, 4) is 0 Å². The number of amides is 1. The molecule has 1 aliphatic heterocycles. The molecule has 0 bridgehead atoms. The van der Waals surface area contributed by atoms with Crippen LogP contribution in [-0.2, 0) is 19.1 Å². The zero-order valence-electron chi connectivity index (χ0n) is 19.6. The minimum absolute atomic E-state index is 0.00720. The lowest BCUT2D eigenvalue weighted by Crippen LogP contribution is -2.32. The Morgan fingerprint density at radius 3 is 2.38 bits per heavy atom. The van der Waals surface area contributed by atoms with Gasteiger partial charge >= 0.3 is 5.97 Å². The summed E-state index contributed by atoms with van der Waals surface area (Å²) in [7, 11) is 1.30. The van der Waals surface area contributed by atoms with Gasteiger partial charge in [-0.2, -0.15) is 0 Å². The van der Waals surface area contributed by atoms with Gasteiger partial charge in [-0.25, -0.2) is 4.79 Å². The fourth-order valence-electron chi connectivity index (χ4n) is 3.78. The zero-order valence-corrected chi connectivity index (χ0v) is 19.6. The van der Waals surface area contributed by atoms with Gasteiger partial charge in [-0.3, -0.25) is 9.59 Å². The fraction of sp³-hybridized carbons (Fsp3) is 0.296. The number of hydrogen-bond donors (Lipinski definition) is 1. The lowest BCUT2D eigenvalue weighted by molar-refractivity contribution is -0.129. The summed E-state index contributed by atoms with van der Waals surface area (Å²) in [6, 6.07) is 15.0. The standard InChI is InChI=1S/C27H29NO6/c1-18(2)34-17-7-16-28-24(20-11-13-21(14-12-20)27(32)33-3)23(25(30)26(28)31)22(29)15-10-19-8-5-4-6-9-19/h4-6,8-15,18,24,30H,7,16-17H2,1-3H3/b15-10+/t24-/m0/s1. The molecule has 7 heteroatoms. The Hall–Kier alpha value is -3.71. The molecule has 0 unspecified atom stereocenters. The van der Waals surface area contributed by atoms with Crippen LogP contribution >= 0.6 is 0 Å². The molecule has 1 atom stereocenters. The molecule has 1 N–H and O–H groups in total. The Balaban J connectivity index is 1.92. The first-order valence-electron chi connectivity index (χ1n) is 11.1. The van der Waals surface area contributed by atoms with Gasteiger partial charge in [-0.15, -0.1) is 0 Å². The number of esters is 1. The second-order valence-corrected chi connectivity index (χ2v) is 8.16. The van der Waals surface area contributed by atoms with Crippen LogP contribution in [0.1, 0.15) is 47.8 Å². The topological polar surface area (TPSA) is 93.1 Å². The molecule has 0 aliphatic carbocycles. The highest BCUT2D eigenvalue weighted by atomic mass is 16.5. The summed E-state index contributed by atoms with van der Waals surface area (Å²) in [5.41, 5.74) is 1.78. The number of benzene rings is 2. The number of aliphatic hydroxyl groups is 1. The van der Waals surface area contributed by atoms with E-state index >= 15 is 0 Å². The van der Waals surface area contributed by atoms with Crippen molar-refractivity contribution in [2.24, 2.45) is 0 Å². The van der Waals surface area contributed by atoms with Crippen LogP contribution in [0.15, 0.2) is 72.0 Å². The molecular weight excluding hydrogens is 434 g/mol. The summed E-state index contributed by atoms with van der Waals surface area (Å²) >= 11 is 0. The van der Waals surface area contributed by atoms with Gasteiger partial charge in [0.15, 0.2) is 11.5 Å². The highest BCUT2D eigenvalue weighted by Gasteiger charge is 2.42. The molecule has 0 saturated heterocycles. The third-order valence-corrected chi connectivity index (χ3v) is 5.44. The molecule has 1 heterocycles. The smallest absolute Gasteiger partial charge is 0.337 e. The Morgan fingerprint density at radius 1 is 1.09 bits per heavy atom. The van der Waals surface area contributed by atoms with Crippen LogP contribution < -0.4 is 0 Å². The Bertz CT molecular complexity index is 1090. The maximum Gasteiger partial charge on any atom is 0.337 e. The zero-order chi connectivity index (χ0) is 24.7. The number of nitrogens with zero attached hydrogens (tertiary/aromatic N) is 1. The van der Waals surface area contributed by atoms with Gasteiger partial charge < -0.3 is 19.5 Å². The maximum absolute atomic E-state index is 13.2. The first kappa shape index (κ1) is 24.9. The number of rotatable bonds is 10. The average Bonchev–Trinajstić information content (AvgIpc) is 3.10. The summed E-state index contributed by atoms with van der Waals surface area (Å²) in [5, 5.41) is 10.7. The van der Waals surface area contributed by atoms with Gasteiger partial charge in [0, 0.05) is 13.2 Å². The first-order valence-corrected chi connectivity index (χ1v) is 11.1. The Morgan fingerprint density at radius 2 is 1.76 bits per heavy atom. The lowest BCUT2D eigenvalue weighted by atomic mass is 9.94. The van der Waals surface area contributed by atoms with E-state index in [9.17, 15) is 19.5 Å². The van der Waals surface area contributed by atoms with Crippen molar-refractivity contribution in [3.05, 3.63) is 88.7 Å². The van der Waals surface area contributed by atoms with E-state index < -0.39 is 29.5 Å². The fourth-order valence-corrected chi connectivity index (χ4v) is 3.78. The predicted molar refractivity (Wildman–Crippen MR) is 128 cm³/mol. The number of methoxy groups -OCH3 is 1. The SMILES string of the molecule is COC(=O)c1ccc([C@H]2C(C(=O)/C=C/c3ccccc3)=C(O)C(=O)N2CCCOC(C)C)cc1. The highest BCUT2D eigenvalue weighted by molar-refractivity contribution is 6.14. The third-order valence-electron chi connectivity index (χ3n) is 5.44. The summed E-state index contributed by atoms with van der Waals surface area (Å²) in [4.78, 5) is 39.4. The molecule has 2 aromatic carbocycles. The molecule has 1 amide bonds. The van der Waals surface area contributed by atoms with Crippen molar-refractivity contribution < 1.29 is 29.0 Å². The normalized spacial score (nSPS) is 16.1. The number of carbonyl (C=O) groups excluding carboxylic acids is 3. The van der Waals surface area contributed by atoms with Crippen LogP contribution in [0.5, 0.6) is 0 Å². The van der Waals surface area contributed by atoms with Crippen molar-refractivity contribution in [1.82, 2.24) is 4.90 Å². The van der Waals surface area contributed by atoms with Gasteiger partial charge in [0.05, 0.1) is 30.4 Å². The lowest BCUT2D eigenvalue weighted by Gasteiger charge is -2.27. The number of hydrogen-bond acceptors (Lipinski definition) is 6. The van der Waals surface area contributed by atoms with Crippen LogP contribution in [-0.4, -0.2) is 54.0 Å². The summed E-state index contributed by atoms with van der Waals surface area (Å²) in [6.07, 6.45) is 3.59. The first-order chi connectivity index (χ1) is 16.3. The third kappa shape index (κ3) is 5.80. The monoisotopic (exact) mass is 463 g/mol. The van der Waals surface area contributed by atoms with Crippen LogP contribution in [0.3, 0.4) is 0 Å². The van der Waals surface area contributed by atoms with E-state index in [4.69, 9.17) is 9.47 Å². The number of carbonyl (C=O) groups is 3. The summed E-state index contributed by atoms with van der Waals surface area (Å²) < 4.78 is 10.3. The van der Waals surface area contributed by atoms with Crippen molar-refractivity contribution >= 4 is 23.7 Å². The van der Waals surface area contributed by atoms with E-state index in [1.807, 2.05) is 44.2 Å². The maximum atomic E-state index is 13.2. The number of aliphatic hydroxyl groups excluding tert-OH is 1. The Kier molecular flexibility index (Phi) is 8.38. The minimum atomic E-state index is -0.786. The van der Waals surface area contributed by atoms with Gasteiger partial charge in [-0.05, 0) is 49.6 Å².